The van der Waals surface area contributed by atoms with Crippen molar-refractivity contribution in [1.82, 2.24) is 0 Å². The molecule has 0 saturated heterocycles. The summed E-state index contributed by atoms with van der Waals surface area (Å²) in [5.41, 5.74) is 0. The fourth-order valence-corrected chi connectivity index (χ4v) is 3.36. The van der Waals surface area contributed by atoms with E-state index in [1.54, 1.807) is 6.92 Å². The van der Waals surface area contributed by atoms with Crippen LogP contribution in [0.1, 0.15) is 71.1 Å². The maximum atomic E-state index is 11.9. The lowest BCUT2D eigenvalue weighted by atomic mass is 10.1. The molecular weight excluding hydrogens is 433 g/mol. The van der Waals surface area contributed by atoms with E-state index in [4.69, 9.17) is 18.9 Å². The number of alkyl halides is 3. The van der Waals surface area contributed by atoms with Crippen LogP contribution in [0.4, 0.5) is 13.2 Å². The Balaban J connectivity index is 3.04. The van der Waals surface area contributed by atoms with E-state index < -0.39 is 12.6 Å². The Hall–Kier alpha value is -0.350. The van der Waals surface area contributed by atoms with E-state index in [0.29, 0.717) is 39.6 Å². The van der Waals surface area contributed by atoms with Gasteiger partial charge in [-0.1, -0.05) is 50.3 Å². The third-order valence-electron chi connectivity index (χ3n) is 4.35. The molecule has 0 aromatic carbocycles. The van der Waals surface area contributed by atoms with Crippen molar-refractivity contribution in [3.63, 3.8) is 0 Å². The molecule has 9 heteroatoms. The van der Waals surface area contributed by atoms with Gasteiger partial charge in [-0.25, -0.2) is 0 Å². The van der Waals surface area contributed by atoms with Crippen molar-refractivity contribution < 1.29 is 36.9 Å². The first-order valence-corrected chi connectivity index (χ1v) is 12.4. The van der Waals surface area contributed by atoms with Crippen molar-refractivity contribution in [2.24, 2.45) is 0 Å². The number of hydrogen-bond acceptors (Lipinski definition) is 6. The van der Waals surface area contributed by atoms with Crippen LogP contribution in [-0.4, -0.2) is 69.9 Å². The molecule has 0 atom stereocenters. The lowest BCUT2D eigenvalue weighted by molar-refractivity contribution is -0.138. The normalized spacial score (nSPS) is 11.9. The average molecular weight is 475 g/mol. The Morgan fingerprint density at radius 2 is 1.00 bits per heavy atom. The Morgan fingerprint density at radius 1 is 0.613 bits per heavy atom. The monoisotopic (exact) mass is 474 g/mol. The third kappa shape index (κ3) is 29.6. The van der Waals surface area contributed by atoms with E-state index in [0.717, 1.165) is 25.2 Å². The highest BCUT2D eigenvalue weighted by Crippen LogP contribution is 2.20. The molecule has 0 saturated carbocycles. The molecule has 0 aliphatic rings. The van der Waals surface area contributed by atoms with Crippen molar-refractivity contribution in [3.8, 4) is 0 Å². The number of thioether (sulfide) groups is 1. The van der Waals surface area contributed by atoms with Crippen molar-refractivity contribution in [2.45, 2.75) is 77.3 Å². The zero-order valence-corrected chi connectivity index (χ0v) is 19.8. The fourth-order valence-electron chi connectivity index (χ4n) is 2.72. The molecule has 0 heterocycles. The number of carbonyl (C=O) groups excluding carboxylic acids is 1. The summed E-state index contributed by atoms with van der Waals surface area (Å²) >= 11 is 1.42. The van der Waals surface area contributed by atoms with Crippen LogP contribution in [0.15, 0.2) is 0 Å². The summed E-state index contributed by atoms with van der Waals surface area (Å²) in [6.45, 7) is 5.11. The number of hydrogen-bond donors (Lipinski definition) is 0. The summed E-state index contributed by atoms with van der Waals surface area (Å²) in [4.78, 5) is 10.8. The topological polar surface area (TPSA) is 54.0 Å². The molecule has 0 N–H and O–H groups in total. The second kappa shape index (κ2) is 22.8. The Labute approximate surface area is 190 Å². The maximum Gasteiger partial charge on any atom is 0.389 e. The molecule has 0 unspecified atom stereocenters. The van der Waals surface area contributed by atoms with Gasteiger partial charge in [-0.3, -0.25) is 4.79 Å². The van der Waals surface area contributed by atoms with Crippen LogP contribution in [-0.2, 0) is 23.7 Å². The number of rotatable bonds is 23. The van der Waals surface area contributed by atoms with Crippen molar-refractivity contribution >= 4 is 16.9 Å². The number of halogens is 3. The van der Waals surface area contributed by atoms with E-state index in [2.05, 4.69) is 0 Å². The summed E-state index contributed by atoms with van der Waals surface area (Å²) in [6.07, 6.45) is 4.70. The molecule has 0 fully saturated rings. The smallest absolute Gasteiger partial charge is 0.379 e. The highest BCUT2D eigenvalue weighted by atomic mass is 32.2. The molecule has 0 spiro atoms. The molecule has 0 aromatic rings. The van der Waals surface area contributed by atoms with Crippen LogP contribution >= 0.6 is 11.8 Å². The van der Waals surface area contributed by atoms with Gasteiger partial charge in [0, 0.05) is 32.3 Å². The van der Waals surface area contributed by atoms with Gasteiger partial charge in [0.1, 0.15) is 0 Å². The van der Waals surface area contributed by atoms with Crippen LogP contribution in [0, 0.1) is 0 Å². The number of ether oxygens (including phenoxy) is 4. The molecule has 0 bridgehead atoms. The molecule has 0 amide bonds. The molecule has 0 aromatic heterocycles. The highest BCUT2D eigenvalue weighted by Gasteiger charge is 2.25. The standard InChI is InChI=1S/C22H41F3O5S/c1-21(26)31-20-9-7-5-3-2-4-6-8-12-27-14-16-29-18-19-30-17-15-28-13-10-11-22(23,24)25/h2-20H2,1H3. The predicted molar refractivity (Wildman–Crippen MR) is 119 cm³/mol. The van der Waals surface area contributed by atoms with Gasteiger partial charge in [-0.15, -0.1) is 0 Å². The van der Waals surface area contributed by atoms with Crippen LogP contribution in [0.5, 0.6) is 0 Å². The SMILES string of the molecule is CC(=O)SCCCCCCCCCCOCCOCCOCCOCCCC(F)(F)F. The first-order chi connectivity index (χ1) is 14.9. The van der Waals surface area contributed by atoms with E-state index in [1.165, 1.54) is 50.3 Å². The Morgan fingerprint density at radius 3 is 1.45 bits per heavy atom. The summed E-state index contributed by atoms with van der Waals surface area (Å²) in [5, 5.41) is 0.213. The molecular formula is C22H41F3O5S. The lowest BCUT2D eigenvalue weighted by Crippen LogP contribution is -2.13. The Bertz CT molecular complexity index is 398. The second-order valence-corrected chi connectivity index (χ2v) is 8.61. The molecule has 0 rings (SSSR count). The van der Waals surface area contributed by atoms with Gasteiger partial charge in [0.2, 0.25) is 0 Å². The van der Waals surface area contributed by atoms with E-state index in [-0.39, 0.29) is 18.1 Å². The largest absolute Gasteiger partial charge is 0.389 e. The summed E-state index contributed by atoms with van der Waals surface area (Å²) < 4.78 is 57.1. The van der Waals surface area contributed by atoms with Crippen molar-refractivity contribution in [3.05, 3.63) is 0 Å². The highest BCUT2D eigenvalue weighted by molar-refractivity contribution is 8.13. The van der Waals surface area contributed by atoms with E-state index in [1.807, 2.05) is 0 Å². The molecule has 0 aliphatic heterocycles. The van der Waals surface area contributed by atoms with Gasteiger partial charge in [0.15, 0.2) is 5.12 Å². The van der Waals surface area contributed by atoms with Crippen molar-refractivity contribution in [2.75, 3.05) is 58.6 Å². The summed E-state index contributed by atoms with van der Waals surface area (Å²) in [5.74, 6) is 0.954. The maximum absolute atomic E-state index is 11.9. The number of unbranched alkanes of at least 4 members (excludes halogenated alkanes) is 7. The van der Waals surface area contributed by atoms with Crippen molar-refractivity contribution in [1.29, 1.82) is 0 Å². The molecule has 186 valence electrons. The van der Waals surface area contributed by atoms with Crippen LogP contribution in [0.25, 0.3) is 0 Å². The zero-order chi connectivity index (χ0) is 23.0. The second-order valence-electron chi connectivity index (χ2n) is 7.34. The molecule has 0 radical (unpaired) electrons. The first-order valence-electron chi connectivity index (χ1n) is 11.4. The molecule has 31 heavy (non-hydrogen) atoms. The third-order valence-corrected chi connectivity index (χ3v) is 5.25. The quantitative estimate of drug-likeness (QED) is 0.175. The molecule has 5 nitrogen and oxygen atoms in total. The average Bonchev–Trinajstić information content (AvgIpc) is 2.70. The number of carbonyl (C=O) groups is 1. The minimum Gasteiger partial charge on any atom is -0.379 e. The van der Waals surface area contributed by atoms with Gasteiger partial charge >= 0.3 is 6.18 Å². The van der Waals surface area contributed by atoms with Crippen LogP contribution in [0.2, 0.25) is 0 Å². The van der Waals surface area contributed by atoms with E-state index in [9.17, 15) is 18.0 Å². The lowest BCUT2D eigenvalue weighted by Gasteiger charge is -2.08. The molecule has 0 aliphatic carbocycles. The van der Waals surface area contributed by atoms with E-state index >= 15 is 0 Å². The van der Waals surface area contributed by atoms with Gasteiger partial charge in [-0.05, 0) is 19.3 Å². The minimum atomic E-state index is -4.11. The first kappa shape index (κ1) is 30.6. The minimum absolute atomic E-state index is 0.0178. The summed E-state index contributed by atoms with van der Waals surface area (Å²) in [6, 6.07) is 0. The predicted octanol–water partition coefficient (Wildman–Crippen LogP) is 5.80. The fraction of sp³-hybridized carbons (Fsp3) is 0.955. The van der Waals surface area contributed by atoms with Gasteiger partial charge in [-0.2, -0.15) is 13.2 Å². The Kier molecular flexibility index (Phi) is 22.6. The van der Waals surface area contributed by atoms with Gasteiger partial charge in [0.25, 0.3) is 0 Å². The van der Waals surface area contributed by atoms with Gasteiger partial charge in [0.05, 0.1) is 39.6 Å². The van der Waals surface area contributed by atoms with Gasteiger partial charge < -0.3 is 18.9 Å². The zero-order valence-electron chi connectivity index (χ0n) is 19.0. The summed E-state index contributed by atoms with van der Waals surface area (Å²) in [7, 11) is 0. The van der Waals surface area contributed by atoms with Crippen LogP contribution < -0.4 is 0 Å². The van der Waals surface area contributed by atoms with Crippen LogP contribution in [0.3, 0.4) is 0 Å².